The quantitative estimate of drug-likeness (QED) is 0.634. The number of hydrogen-bond acceptors (Lipinski definition) is 2. The van der Waals surface area contributed by atoms with Gasteiger partial charge in [-0.3, -0.25) is 0 Å². The van der Waals surface area contributed by atoms with E-state index >= 15 is 0 Å². The molecule has 1 fully saturated rings. The van der Waals surface area contributed by atoms with Gasteiger partial charge in [-0.15, -0.1) is 6.42 Å². The van der Waals surface area contributed by atoms with E-state index in [0.717, 1.165) is 0 Å². The number of terminal acetylenes is 1. The highest BCUT2D eigenvalue weighted by Gasteiger charge is 2.14. The van der Waals surface area contributed by atoms with Crippen LogP contribution >= 0.6 is 0 Å². The van der Waals surface area contributed by atoms with Gasteiger partial charge in [0.2, 0.25) is 0 Å². The molecule has 1 rings (SSSR count). The van der Waals surface area contributed by atoms with Gasteiger partial charge in [-0.1, -0.05) is 12.3 Å². The van der Waals surface area contributed by atoms with E-state index in [1.54, 1.807) is 0 Å². The highest BCUT2D eigenvalue weighted by molar-refractivity contribution is 4.88. The smallest absolute Gasteiger partial charge is 0.0575 e. The summed E-state index contributed by atoms with van der Waals surface area (Å²) in [5.41, 5.74) is 0. The number of piperidine rings is 1. The fraction of sp³-hybridized carbons (Fsp3) is 0.818. The summed E-state index contributed by atoms with van der Waals surface area (Å²) in [4.78, 5) is 0. The van der Waals surface area contributed by atoms with Crippen LogP contribution in [0.5, 0.6) is 0 Å². The third-order valence-electron chi connectivity index (χ3n) is 2.60. The summed E-state index contributed by atoms with van der Waals surface area (Å²) in [6.07, 6.45) is 10.4. The van der Waals surface area contributed by atoms with Gasteiger partial charge in [0.1, 0.15) is 0 Å². The monoisotopic (exact) mass is 180 g/mol. The van der Waals surface area contributed by atoms with Crippen LogP contribution in [-0.2, 0) is 0 Å². The van der Waals surface area contributed by atoms with Crippen LogP contribution < -0.4 is 10.6 Å². The Morgan fingerprint density at radius 2 is 2.46 bits per heavy atom. The van der Waals surface area contributed by atoms with Crippen molar-refractivity contribution in [2.24, 2.45) is 0 Å². The van der Waals surface area contributed by atoms with Crippen molar-refractivity contribution in [3.63, 3.8) is 0 Å². The minimum atomic E-state index is 0.534. The van der Waals surface area contributed by atoms with Gasteiger partial charge >= 0.3 is 0 Å². The van der Waals surface area contributed by atoms with Crippen LogP contribution in [0.25, 0.3) is 0 Å². The van der Waals surface area contributed by atoms with Crippen molar-refractivity contribution >= 4 is 0 Å². The van der Waals surface area contributed by atoms with E-state index in [1.165, 1.54) is 32.2 Å². The molecule has 2 N–H and O–H groups in total. The molecule has 1 aliphatic rings. The summed E-state index contributed by atoms with van der Waals surface area (Å²) < 4.78 is 0. The molecule has 0 spiro atoms. The van der Waals surface area contributed by atoms with Crippen LogP contribution in [0.3, 0.4) is 0 Å². The molecule has 0 saturated carbocycles. The molecular formula is C11H20N2. The minimum absolute atomic E-state index is 0.534. The maximum Gasteiger partial charge on any atom is 0.0575 e. The average molecular weight is 180 g/mol. The van der Waals surface area contributed by atoms with E-state index in [9.17, 15) is 0 Å². The largest absolute Gasteiger partial charge is 0.314 e. The second-order valence-corrected chi connectivity index (χ2v) is 3.87. The van der Waals surface area contributed by atoms with Crippen LogP contribution in [0.4, 0.5) is 0 Å². The SMILES string of the molecule is C#CCNC(C)CC1CCCCN1. The topological polar surface area (TPSA) is 24.1 Å². The maximum atomic E-state index is 5.18. The minimum Gasteiger partial charge on any atom is -0.314 e. The van der Waals surface area contributed by atoms with Crippen molar-refractivity contribution in [1.29, 1.82) is 0 Å². The Balaban J connectivity index is 2.11. The lowest BCUT2D eigenvalue weighted by atomic mass is 9.99. The van der Waals surface area contributed by atoms with Gasteiger partial charge in [-0.05, 0) is 32.7 Å². The Morgan fingerprint density at radius 1 is 1.62 bits per heavy atom. The molecule has 1 heterocycles. The lowest BCUT2D eigenvalue weighted by Gasteiger charge is -2.26. The van der Waals surface area contributed by atoms with E-state index < -0.39 is 0 Å². The Hall–Kier alpha value is -0.520. The van der Waals surface area contributed by atoms with Gasteiger partial charge in [-0.25, -0.2) is 0 Å². The maximum absolute atomic E-state index is 5.18. The van der Waals surface area contributed by atoms with Gasteiger partial charge in [0, 0.05) is 12.1 Å². The van der Waals surface area contributed by atoms with E-state index in [4.69, 9.17) is 6.42 Å². The van der Waals surface area contributed by atoms with Crippen LogP contribution in [0, 0.1) is 12.3 Å². The van der Waals surface area contributed by atoms with Crippen LogP contribution in [0.15, 0.2) is 0 Å². The van der Waals surface area contributed by atoms with Crippen molar-refractivity contribution < 1.29 is 0 Å². The zero-order chi connectivity index (χ0) is 9.52. The highest BCUT2D eigenvalue weighted by Crippen LogP contribution is 2.11. The molecule has 1 saturated heterocycles. The Labute approximate surface area is 81.5 Å². The first-order valence-corrected chi connectivity index (χ1v) is 5.23. The molecule has 0 aromatic heterocycles. The van der Waals surface area contributed by atoms with Crippen molar-refractivity contribution in [2.75, 3.05) is 13.1 Å². The molecule has 2 unspecified atom stereocenters. The Kier molecular flexibility index (Phi) is 4.88. The predicted octanol–water partition coefficient (Wildman–Crippen LogP) is 1.13. The summed E-state index contributed by atoms with van der Waals surface area (Å²) in [5.74, 6) is 2.60. The number of hydrogen-bond donors (Lipinski definition) is 2. The summed E-state index contributed by atoms with van der Waals surface area (Å²) in [7, 11) is 0. The fourth-order valence-electron chi connectivity index (χ4n) is 1.87. The molecule has 0 aromatic rings. The van der Waals surface area contributed by atoms with Crippen molar-refractivity contribution in [2.45, 2.75) is 44.7 Å². The molecule has 2 atom stereocenters. The molecule has 2 nitrogen and oxygen atoms in total. The second kappa shape index (κ2) is 6.01. The third kappa shape index (κ3) is 4.31. The summed E-state index contributed by atoms with van der Waals surface area (Å²) >= 11 is 0. The Morgan fingerprint density at radius 3 is 3.08 bits per heavy atom. The first-order chi connectivity index (χ1) is 6.33. The molecule has 0 aromatic carbocycles. The van der Waals surface area contributed by atoms with E-state index in [2.05, 4.69) is 23.5 Å². The molecule has 74 valence electrons. The van der Waals surface area contributed by atoms with Gasteiger partial charge in [0.05, 0.1) is 6.54 Å². The van der Waals surface area contributed by atoms with Gasteiger partial charge in [0.15, 0.2) is 0 Å². The fourth-order valence-corrected chi connectivity index (χ4v) is 1.87. The molecule has 1 aliphatic heterocycles. The van der Waals surface area contributed by atoms with Gasteiger partial charge in [0.25, 0.3) is 0 Å². The first-order valence-electron chi connectivity index (χ1n) is 5.23. The van der Waals surface area contributed by atoms with Crippen LogP contribution in [0.1, 0.15) is 32.6 Å². The van der Waals surface area contributed by atoms with E-state index in [-0.39, 0.29) is 0 Å². The molecule has 2 heteroatoms. The average Bonchev–Trinajstić information content (AvgIpc) is 2.16. The first kappa shape index (κ1) is 10.6. The third-order valence-corrected chi connectivity index (χ3v) is 2.60. The van der Waals surface area contributed by atoms with E-state index in [1.807, 2.05) is 0 Å². The molecule has 0 aliphatic carbocycles. The Bertz CT molecular complexity index is 165. The normalized spacial score (nSPS) is 25.1. The summed E-state index contributed by atoms with van der Waals surface area (Å²) in [5, 5.41) is 6.84. The standard InChI is InChI=1S/C11H20N2/c1-3-7-12-10(2)9-11-6-4-5-8-13-11/h1,10-13H,4-9H2,2H3. The van der Waals surface area contributed by atoms with Crippen molar-refractivity contribution in [1.82, 2.24) is 10.6 Å². The lowest BCUT2D eigenvalue weighted by Crippen LogP contribution is -2.39. The van der Waals surface area contributed by atoms with Gasteiger partial charge < -0.3 is 10.6 Å². The van der Waals surface area contributed by atoms with Gasteiger partial charge in [-0.2, -0.15) is 0 Å². The summed E-state index contributed by atoms with van der Waals surface area (Å²) in [6, 6.07) is 1.24. The zero-order valence-electron chi connectivity index (χ0n) is 8.47. The molecular weight excluding hydrogens is 160 g/mol. The van der Waals surface area contributed by atoms with Crippen molar-refractivity contribution in [3.05, 3.63) is 0 Å². The second-order valence-electron chi connectivity index (χ2n) is 3.87. The lowest BCUT2D eigenvalue weighted by molar-refractivity contribution is 0.349. The van der Waals surface area contributed by atoms with Crippen LogP contribution in [0.2, 0.25) is 0 Å². The molecule has 0 radical (unpaired) electrons. The molecule has 0 amide bonds. The van der Waals surface area contributed by atoms with Crippen LogP contribution in [-0.4, -0.2) is 25.2 Å². The zero-order valence-corrected chi connectivity index (χ0v) is 8.47. The number of rotatable bonds is 4. The summed E-state index contributed by atoms with van der Waals surface area (Å²) in [6.45, 7) is 4.08. The van der Waals surface area contributed by atoms with E-state index in [0.29, 0.717) is 18.6 Å². The highest BCUT2D eigenvalue weighted by atomic mass is 14.9. The van der Waals surface area contributed by atoms with Crippen molar-refractivity contribution in [3.8, 4) is 12.3 Å². The molecule has 13 heavy (non-hydrogen) atoms. The number of nitrogens with one attached hydrogen (secondary N) is 2. The molecule has 0 bridgehead atoms. The predicted molar refractivity (Wildman–Crippen MR) is 56.6 cm³/mol.